The van der Waals surface area contributed by atoms with Gasteiger partial charge >= 0.3 is 0 Å². The highest BCUT2D eigenvalue weighted by Gasteiger charge is 2.34. The lowest BCUT2D eigenvalue weighted by Gasteiger charge is -2.33. The van der Waals surface area contributed by atoms with E-state index in [1.165, 1.54) is 0 Å². The van der Waals surface area contributed by atoms with Crippen molar-refractivity contribution in [2.45, 2.75) is 24.6 Å². The third-order valence-electron chi connectivity index (χ3n) is 1.56. The molecule has 1 aliphatic heterocycles. The van der Waals surface area contributed by atoms with Gasteiger partial charge in [-0.25, -0.2) is 0 Å². The van der Waals surface area contributed by atoms with Crippen LogP contribution in [0.15, 0.2) is 0 Å². The van der Waals surface area contributed by atoms with E-state index in [0.717, 1.165) is 6.42 Å². The van der Waals surface area contributed by atoms with Crippen molar-refractivity contribution in [3.05, 3.63) is 6.42 Å². The van der Waals surface area contributed by atoms with Gasteiger partial charge in [0.2, 0.25) is 0 Å². The first kappa shape index (κ1) is 8.89. The van der Waals surface area contributed by atoms with Gasteiger partial charge in [-0.3, -0.25) is 0 Å². The van der Waals surface area contributed by atoms with Crippen molar-refractivity contribution in [2.24, 2.45) is 0 Å². The molecule has 5 heteroatoms. The Labute approximate surface area is 63.8 Å². The minimum atomic E-state index is -1.35. The Kier molecular flexibility index (Phi) is 2.80. The van der Waals surface area contributed by atoms with Gasteiger partial charge in [-0.05, 0) is 0 Å². The van der Waals surface area contributed by atoms with Crippen LogP contribution in [0.5, 0.6) is 0 Å². The summed E-state index contributed by atoms with van der Waals surface area (Å²) in [6.45, 7) is -0.387. The highest BCUT2D eigenvalue weighted by Crippen LogP contribution is 2.17. The van der Waals surface area contributed by atoms with E-state index in [1.807, 2.05) is 0 Å². The van der Waals surface area contributed by atoms with E-state index >= 15 is 0 Å². The molecule has 1 saturated heterocycles. The lowest BCUT2D eigenvalue weighted by Crippen LogP contribution is -2.49. The maximum atomic E-state index is 9.05. The first-order valence-electron chi connectivity index (χ1n) is 3.30. The number of hydrogen-bond donors (Lipinski definition) is 4. The summed E-state index contributed by atoms with van der Waals surface area (Å²) in [5.41, 5.74) is 0. The molecule has 0 amide bonds. The van der Waals surface area contributed by atoms with E-state index in [4.69, 9.17) is 20.4 Å². The Bertz CT molecular complexity index is 128. The molecule has 11 heavy (non-hydrogen) atoms. The van der Waals surface area contributed by atoms with Crippen LogP contribution in [0.3, 0.4) is 0 Å². The standard InChI is InChI=1S/C6H11O5/c7-2-5-3(8)1-4(9)6(10)11-5/h1,3-10H,2H2. The van der Waals surface area contributed by atoms with Crippen LogP contribution in [0.2, 0.25) is 0 Å². The minimum absolute atomic E-state index is 0.387. The van der Waals surface area contributed by atoms with Crippen molar-refractivity contribution in [1.82, 2.24) is 0 Å². The van der Waals surface area contributed by atoms with Gasteiger partial charge in [0.15, 0.2) is 6.29 Å². The third kappa shape index (κ3) is 1.88. The van der Waals surface area contributed by atoms with Crippen LogP contribution in [0.1, 0.15) is 0 Å². The maximum Gasteiger partial charge on any atom is 0.181 e. The molecule has 1 heterocycles. The quantitative estimate of drug-likeness (QED) is 0.346. The Morgan fingerprint density at radius 2 is 1.82 bits per heavy atom. The van der Waals surface area contributed by atoms with Crippen LogP contribution in [0, 0.1) is 6.42 Å². The van der Waals surface area contributed by atoms with Crippen LogP contribution < -0.4 is 0 Å². The van der Waals surface area contributed by atoms with E-state index in [2.05, 4.69) is 4.74 Å². The Balaban J connectivity index is 2.48. The first-order valence-corrected chi connectivity index (χ1v) is 3.30. The lowest BCUT2D eigenvalue weighted by atomic mass is 10.0. The zero-order valence-electron chi connectivity index (χ0n) is 5.79. The highest BCUT2D eigenvalue weighted by atomic mass is 16.6. The van der Waals surface area contributed by atoms with Crippen LogP contribution in [0.25, 0.3) is 0 Å². The Morgan fingerprint density at radius 1 is 1.18 bits per heavy atom. The van der Waals surface area contributed by atoms with Gasteiger partial charge in [0.1, 0.15) is 12.2 Å². The van der Waals surface area contributed by atoms with Crippen molar-refractivity contribution in [1.29, 1.82) is 0 Å². The molecule has 0 spiro atoms. The molecule has 1 radical (unpaired) electrons. The van der Waals surface area contributed by atoms with Crippen molar-refractivity contribution < 1.29 is 25.2 Å². The fourth-order valence-corrected chi connectivity index (χ4v) is 0.912. The summed E-state index contributed by atoms with van der Waals surface area (Å²) in [5.74, 6) is 0. The van der Waals surface area contributed by atoms with E-state index in [-0.39, 0.29) is 6.61 Å². The predicted molar refractivity (Wildman–Crippen MR) is 34.3 cm³/mol. The van der Waals surface area contributed by atoms with Gasteiger partial charge in [-0.2, -0.15) is 0 Å². The van der Waals surface area contributed by atoms with Gasteiger partial charge in [-0.15, -0.1) is 0 Å². The monoisotopic (exact) mass is 163 g/mol. The minimum Gasteiger partial charge on any atom is -0.394 e. The average Bonchev–Trinajstić information content (AvgIpc) is 1.97. The molecule has 0 bridgehead atoms. The molecular formula is C6H11O5. The van der Waals surface area contributed by atoms with Gasteiger partial charge < -0.3 is 25.2 Å². The second-order valence-corrected chi connectivity index (χ2v) is 2.42. The molecule has 0 aromatic rings. The third-order valence-corrected chi connectivity index (χ3v) is 1.56. The van der Waals surface area contributed by atoms with Crippen LogP contribution in [-0.4, -0.2) is 51.6 Å². The zero-order valence-corrected chi connectivity index (χ0v) is 5.79. The molecule has 4 atom stereocenters. The molecule has 4 N–H and O–H groups in total. The topological polar surface area (TPSA) is 90.2 Å². The first-order chi connectivity index (χ1) is 5.15. The average molecular weight is 163 g/mol. The van der Waals surface area contributed by atoms with E-state index in [9.17, 15) is 0 Å². The highest BCUT2D eigenvalue weighted by molar-refractivity contribution is 4.94. The van der Waals surface area contributed by atoms with Gasteiger partial charge in [0.05, 0.1) is 12.7 Å². The summed E-state index contributed by atoms with van der Waals surface area (Å²) in [6.07, 6.45) is -3.29. The summed E-state index contributed by atoms with van der Waals surface area (Å²) in [4.78, 5) is 0. The largest absolute Gasteiger partial charge is 0.394 e. The number of rotatable bonds is 1. The SMILES string of the molecule is OCC1OC(O)C(O)[CH]C1O. The van der Waals surface area contributed by atoms with E-state index in [0.29, 0.717) is 0 Å². The van der Waals surface area contributed by atoms with Crippen molar-refractivity contribution in [2.75, 3.05) is 6.61 Å². The maximum absolute atomic E-state index is 9.05. The lowest BCUT2D eigenvalue weighted by molar-refractivity contribution is -0.231. The molecule has 65 valence electrons. The summed E-state index contributed by atoms with van der Waals surface area (Å²) >= 11 is 0. The summed E-state index contributed by atoms with van der Waals surface area (Å²) in [7, 11) is 0. The van der Waals surface area contributed by atoms with Crippen molar-refractivity contribution in [3.8, 4) is 0 Å². The number of aliphatic hydroxyl groups is 4. The molecular weight excluding hydrogens is 152 g/mol. The smallest absolute Gasteiger partial charge is 0.181 e. The normalized spacial score (nSPS) is 45.8. The van der Waals surface area contributed by atoms with Crippen molar-refractivity contribution >= 4 is 0 Å². The van der Waals surface area contributed by atoms with Crippen LogP contribution >= 0.6 is 0 Å². The molecule has 4 unspecified atom stereocenters. The van der Waals surface area contributed by atoms with Crippen molar-refractivity contribution in [3.63, 3.8) is 0 Å². The fourth-order valence-electron chi connectivity index (χ4n) is 0.912. The summed E-state index contributed by atoms with van der Waals surface area (Å²) < 4.78 is 4.63. The summed E-state index contributed by atoms with van der Waals surface area (Å²) in [5, 5.41) is 35.4. The van der Waals surface area contributed by atoms with Crippen LogP contribution in [0.4, 0.5) is 0 Å². The molecule has 0 aliphatic carbocycles. The van der Waals surface area contributed by atoms with E-state index in [1.54, 1.807) is 0 Å². The molecule has 5 nitrogen and oxygen atoms in total. The van der Waals surface area contributed by atoms with E-state index < -0.39 is 24.6 Å². The second kappa shape index (κ2) is 3.46. The Morgan fingerprint density at radius 3 is 2.36 bits per heavy atom. The molecule has 0 aromatic heterocycles. The Hall–Kier alpha value is -0.200. The zero-order chi connectivity index (χ0) is 8.43. The second-order valence-electron chi connectivity index (χ2n) is 2.42. The number of ether oxygens (including phenoxy) is 1. The summed E-state index contributed by atoms with van der Waals surface area (Å²) in [6, 6.07) is 0. The number of hydrogen-bond acceptors (Lipinski definition) is 5. The molecule has 1 aliphatic rings. The molecule has 0 saturated carbocycles. The van der Waals surface area contributed by atoms with Gasteiger partial charge in [-0.1, -0.05) is 0 Å². The fraction of sp³-hybridized carbons (Fsp3) is 0.833. The molecule has 1 fully saturated rings. The van der Waals surface area contributed by atoms with Crippen LogP contribution in [-0.2, 0) is 4.74 Å². The number of aliphatic hydroxyl groups excluding tert-OH is 4. The van der Waals surface area contributed by atoms with Gasteiger partial charge in [0.25, 0.3) is 0 Å². The van der Waals surface area contributed by atoms with Gasteiger partial charge in [0, 0.05) is 6.42 Å². The predicted octanol–water partition coefficient (Wildman–Crippen LogP) is -2.38. The molecule has 1 rings (SSSR count). The molecule has 0 aromatic carbocycles.